The normalized spacial score (nSPS) is 25.8. The van der Waals surface area contributed by atoms with Gasteiger partial charge in [-0.1, -0.05) is 49.6 Å². The standard InChI is InChI=1S/C18H25NO2/c20-17(21)16-9-12-19(13-15-7-3-1-4-8-15)14-18(16)10-5-2-6-11-18/h1,3-4,7-8,16H,2,5-6,9-14H2,(H,20,21)/t16-/m0/s1. The van der Waals surface area contributed by atoms with E-state index in [-0.39, 0.29) is 11.3 Å². The summed E-state index contributed by atoms with van der Waals surface area (Å²) in [5.41, 5.74) is 1.36. The van der Waals surface area contributed by atoms with Gasteiger partial charge in [0.15, 0.2) is 0 Å². The Kier molecular flexibility index (Phi) is 4.29. The van der Waals surface area contributed by atoms with Crippen molar-refractivity contribution in [1.29, 1.82) is 0 Å². The molecule has 3 heteroatoms. The summed E-state index contributed by atoms with van der Waals surface area (Å²) in [5, 5.41) is 9.61. The first-order chi connectivity index (χ1) is 10.2. The predicted molar refractivity (Wildman–Crippen MR) is 83.0 cm³/mol. The van der Waals surface area contributed by atoms with Crippen LogP contribution in [-0.2, 0) is 11.3 Å². The Bertz CT molecular complexity index is 479. The van der Waals surface area contributed by atoms with E-state index in [1.807, 2.05) is 6.07 Å². The van der Waals surface area contributed by atoms with E-state index < -0.39 is 5.97 Å². The number of aliphatic carboxylic acids is 1. The van der Waals surface area contributed by atoms with Crippen LogP contribution in [0.3, 0.4) is 0 Å². The van der Waals surface area contributed by atoms with Crippen molar-refractivity contribution >= 4 is 5.97 Å². The van der Waals surface area contributed by atoms with Crippen molar-refractivity contribution in [3.05, 3.63) is 35.9 Å². The second-order valence-corrected chi connectivity index (χ2v) is 6.80. The molecule has 1 heterocycles. The number of carboxylic acid groups (broad SMARTS) is 1. The van der Waals surface area contributed by atoms with Crippen LogP contribution in [0.1, 0.15) is 44.1 Å². The zero-order valence-electron chi connectivity index (χ0n) is 12.6. The average Bonchev–Trinajstić information content (AvgIpc) is 2.49. The van der Waals surface area contributed by atoms with Gasteiger partial charge in [-0.2, -0.15) is 0 Å². The number of carbonyl (C=O) groups is 1. The largest absolute Gasteiger partial charge is 0.481 e. The molecule has 1 aromatic carbocycles. The number of carboxylic acids is 1. The van der Waals surface area contributed by atoms with E-state index in [4.69, 9.17) is 0 Å². The van der Waals surface area contributed by atoms with Crippen LogP contribution < -0.4 is 0 Å². The summed E-state index contributed by atoms with van der Waals surface area (Å²) in [6.45, 7) is 2.82. The molecule has 1 saturated carbocycles. The Morgan fingerprint density at radius 2 is 1.90 bits per heavy atom. The van der Waals surface area contributed by atoms with Crippen LogP contribution in [0.2, 0.25) is 0 Å². The Labute approximate surface area is 127 Å². The molecule has 0 unspecified atom stereocenters. The van der Waals surface area contributed by atoms with E-state index in [0.29, 0.717) is 0 Å². The quantitative estimate of drug-likeness (QED) is 0.924. The number of nitrogens with zero attached hydrogens (tertiary/aromatic N) is 1. The topological polar surface area (TPSA) is 40.5 Å². The Morgan fingerprint density at radius 3 is 2.57 bits per heavy atom. The highest BCUT2D eigenvalue weighted by atomic mass is 16.4. The maximum atomic E-state index is 11.7. The van der Waals surface area contributed by atoms with Gasteiger partial charge in [0.25, 0.3) is 0 Å². The van der Waals surface area contributed by atoms with Gasteiger partial charge in [0.05, 0.1) is 5.92 Å². The lowest BCUT2D eigenvalue weighted by molar-refractivity contribution is -0.152. The fourth-order valence-corrected chi connectivity index (χ4v) is 4.38. The van der Waals surface area contributed by atoms with E-state index in [0.717, 1.165) is 38.9 Å². The van der Waals surface area contributed by atoms with E-state index >= 15 is 0 Å². The molecule has 1 N–H and O–H groups in total. The third-order valence-electron chi connectivity index (χ3n) is 5.41. The average molecular weight is 287 g/mol. The minimum Gasteiger partial charge on any atom is -0.481 e. The van der Waals surface area contributed by atoms with E-state index in [1.165, 1.54) is 24.8 Å². The number of rotatable bonds is 3. The molecular weight excluding hydrogens is 262 g/mol. The summed E-state index contributed by atoms with van der Waals surface area (Å²) in [6.07, 6.45) is 6.66. The summed E-state index contributed by atoms with van der Waals surface area (Å²) in [5.74, 6) is -0.707. The van der Waals surface area contributed by atoms with Crippen LogP contribution in [0.4, 0.5) is 0 Å². The third kappa shape index (κ3) is 3.13. The molecule has 1 spiro atoms. The molecule has 3 rings (SSSR count). The van der Waals surface area contributed by atoms with Gasteiger partial charge >= 0.3 is 5.97 Å². The van der Waals surface area contributed by atoms with Gasteiger partial charge in [0, 0.05) is 13.1 Å². The Morgan fingerprint density at radius 1 is 1.19 bits per heavy atom. The lowest BCUT2D eigenvalue weighted by Gasteiger charge is -2.49. The van der Waals surface area contributed by atoms with Gasteiger partial charge in [0.2, 0.25) is 0 Å². The van der Waals surface area contributed by atoms with Crippen molar-refractivity contribution in [2.45, 2.75) is 45.1 Å². The number of piperidine rings is 1. The maximum absolute atomic E-state index is 11.7. The lowest BCUT2D eigenvalue weighted by atomic mass is 9.63. The second-order valence-electron chi connectivity index (χ2n) is 6.80. The van der Waals surface area contributed by atoms with Crippen LogP contribution in [0.5, 0.6) is 0 Å². The predicted octanol–water partition coefficient (Wildman–Crippen LogP) is 3.54. The molecule has 1 aromatic rings. The molecule has 2 fully saturated rings. The van der Waals surface area contributed by atoms with E-state index in [9.17, 15) is 9.90 Å². The summed E-state index contributed by atoms with van der Waals surface area (Å²) >= 11 is 0. The highest BCUT2D eigenvalue weighted by Gasteiger charge is 2.47. The fourth-order valence-electron chi connectivity index (χ4n) is 4.38. The molecule has 1 aliphatic heterocycles. The molecule has 1 saturated heterocycles. The van der Waals surface area contributed by atoms with E-state index in [1.54, 1.807) is 0 Å². The molecule has 1 aliphatic carbocycles. The van der Waals surface area contributed by atoms with Crippen LogP contribution in [0.25, 0.3) is 0 Å². The molecule has 3 nitrogen and oxygen atoms in total. The third-order valence-corrected chi connectivity index (χ3v) is 5.41. The van der Waals surface area contributed by atoms with Gasteiger partial charge in [-0.15, -0.1) is 0 Å². The van der Waals surface area contributed by atoms with Gasteiger partial charge < -0.3 is 5.11 Å². The molecule has 114 valence electrons. The zero-order chi connectivity index (χ0) is 14.7. The molecule has 0 bridgehead atoms. The lowest BCUT2D eigenvalue weighted by Crippen LogP contribution is -2.51. The summed E-state index contributed by atoms with van der Waals surface area (Å²) in [4.78, 5) is 14.1. The monoisotopic (exact) mass is 287 g/mol. The van der Waals surface area contributed by atoms with Crippen molar-refractivity contribution in [2.75, 3.05) is 13.1 Å². The summed E-state index contributed by atoms with van der Waals surface area (Å²) < 4.78 is 0. The van der Waals surface area contributed by atoms with Crippen LogP contribution >= 0.6 is 0 Å². The number of hydrogen-bond acceptors (Lipinski definition) is 2. The molecular formula is C18H25NO2. The highest BCUT2D eigenvalue weighted by molar-refractivity contribution is 5.71. The van der Waals surface area contributed by atoms with Crippen molar-refractivity contribution in [3.63, 3.8) is 0 Å². The van der Waals surface area contributed by atoms with Gasteiger partial charge in [-0.25, -0.2) is 0 Å². The van der Waals surface area contributed by atoms with Crippen molar-refractivity contribution in [1.82, 2.24) is 4.90 Å². The number of benzene rings is 1. The van der Waals surface area contributed by atoms with Gasteiger partial charge in [-0.05, 0) is 36.8 Å². The Balaban J connectivity index is 1.74. The fraction of sp³-hybridized carbons (Fsp3) is 0.611. The molecule has 0 aromatic heterocycles. The van der Waals surface area contributed by atoms with Gasteiger partial charge in [-0.3, -0.25) is 9.69 Å². The first kappa shape index (κ1) is 14.6. The van der Waals surface area contributed by atoms with Crippen LogP contribution in [0, 0.1) is 11.3 Å². The highest BCUT2D eigenvalue weighted by Crippen LogP contribution is 2.47. The maximum Gasteiger partial charge on any atom is 0.307 e. The second kappa shape index (κ2) is 6.18. The minimum absolute atomic E-state index is 0.0249. The molecule has 0 amide bonds. The Hall–Kier alpha value is -1.35. The van der Waals surface area contributed by atoms with Crippen molar-refractivity contribution in [3.8, 4) is 0 Å². The first-order valence-electron chi connectivity index (χ1n) is 8.19. The number of likely N-dealkylation sites (tertiary alicyclic amines) is 1. The molecule has 0 radical (unpaired) electrons. The summed E-state index contributed by atoms with van der Waals surface area (Å²) in [7, 11) is 0. The molecule has 2 aliphatic rings. The molecule has 1 atom stereocenters. The smallest absolute Gasteiger partial charge is 0.307 e. The minimum atomic E-state index is -0.573. The SMILES string of the molecule is O=C(O)[C@@H]1CCN(Cc2ccccc2)CC12CCCCC2. The van der Waals surface area contributed by atoms with Crippen LogP contribution in [-0.4, -0.2) is 29.1 Å². The molecule has 21 heavy (non-hydrogen) atoms. The van der Waals surface area contributed by atoms with Crippen molar-refractivity contribution < 1.29 is 9.90 Å². The zero-order valence-corrected chi connectivity index (χ0v) is 12.6. The first-order valence-corrected chi connectivity index (χ1v) is 8.19. The van der Waals surface area contributed by atoms with E-state index in [2.05, 4.69) is 29.2 Å². The van der Waals surface area contributed by atoms with Gasteiger partial charge in [0.1, 0.15) is 0 Å². The number of hydrogen-bond donors (Lipinski definition) is 1. The van der Waals surface area contributed by atoms with Crippen molar-refractivity contribution in [2.24, 2.45) is 11.3 Å². The summed E-state index contributed by atoms with van der Waals surface area (Å²) in [6, 6.07) is 10.5. The van der Waals surface area contributed by atoms with Crippen LogP contribution in [0.15, 0.2) is 30.3 Å².